The number of carboxylic acid groups (broad SMARTS) is 1. The third-order valence-electron chi connectivity index (χ3n) is 0.730. The lowest BCUT2D eigenvalue weighted by molar-refractivity contribution is -0.128. The summed E-state index contributed by atoms with van der Waals surface area (Å²) in [5, 5.41) is 11.2. The molecule has 0 spiro atoms. The minimum Gasteiger partial charge on any atom is -0.477 e. The van der Waals surface area contributed by atoms with Crippen molar-refractivity contribution in [1.82, 2.24) is 5.43 Å². The maximum Gasteiger partial charge on any atom is 0.428 e. The number of rotatable bonds is 2. The number of ether oxygens (including phenoxy) is 1. The number of hydrazone groups is 1. The van der Waals surface area contributed by atoms with Gasteiger partial charge in [0, 0.05) is 0 Å². The van der Waals surface area contributed by atoms with E-state index >= 15 is 0 Å². The topological polar surface area (TPSA) is 88.0 Å². The van der Waals surface area contributed by atoms with Gasteiger partial charge in [0.05, 0.1) is 0 Å². The highest BCUT2D eigenvalue weighted by atomic mass is 16.6. The number of nitrogens with zero attached hydrogens (tertiary/aromatic N) is 1. The Morgan fingerprint density at radius 3 is 2.38 bits per heavy atom. The third kappa shape index (κ3) is 8.32. The van der Waals surface area contributed by atoms with Crippen molar-refractivity contribution in [3.8, 4) is 0 Å². The van der Waals surface area contributed by atoms with E-state index in [1.165, 1.54) is 0 Å². The van der Waals surface area contributed by atoms with Crippen molar-refractivity contribution in [2.24, 2.45) is 5.10 Å². The minimum absolute atomic E-state index is 0.559. The molecule has 0 atom stereocenters. The molecular formula is C7H12N2O4. The number of carbonyl (C=O) groups is 2. The molecule has 74 valence electrons. The highest BCUT2D eigenvalue weighted by Crippen LogP contribution is 2.05. The molecule has 0 fully saturated rings. The van der Waals surface area contributed by atoms with Crippen molar-refractivity contribution >= 4 is 18.3 Å². The smallest absolute Gasteiger partial charge is 0.428 e. The normalized spacial score (nSPS) is 11.3. The van der Waals surface area contributed by atoms with Crippen LogP contribution in [0, 0.1) is 0 Å². The average Bonchev–Trinajstić information content (AvgIpc) is 1.81. The van der Waals surface area contributed by atoms with Crippen molar-refractivity contribution in [3.63, 3.8) is 0 Å². The number of hydrogen-bond donors (Lipinski definition) is 2. The molecular weight excluding hydrogens is 176 g/mol. The fraction of sp³-hybridized carbons (Fsp3) is 0.571. The fourth-order valence-electron chi connectivity index (χ4n) is 0.441. The van der Waals surface area contributed by atoms with Crippen molar-refractivity contribution in [2.45, 2.75) is 26.4 Å². The number of aliphatic carboxylic acids is 1. The first kappa shape index (κ1) is 11.4. The van der Waals surface area contributed by atoms with E-state index < -0.39 is 17.7 Å². The molecule has 6 nitrogen and oxygen atoms in total. The van der Waals surface area contributed by atoms with Gasteiger partial charge < -0.3 is 9.84 Å². The van der Waals surface area contributed by atoms with Crippen molar-refractivity contribution in [1.29, 1.82) is 0 Å². The molecule has 2 N–H and O–H groups in total. The summed E-state index contributed by atoms with van der Waals surface area (Å²) in [4.78, 5) is 20.7. The third-order valence-corrected chi connectivity index (χ3v) is 0.730. The van der Waals surface area contributed by atoms with Crippen LogP contribution in [0.1, 0.15) is 20.8 Å². The van der Waals surface area contributed by atoms with Gasteiger partial charge in [-0.2, -0.15) is 5.10 Å². The Kier molecular flexibility index (Phi) is 3.90. The highest BCUT2D eigenvalue weighted by molar-refractivity contribution is 6.22. The summed E-state index contributed by atoms with van der Waals surface area (Å²) in [5.74, 6) is -1.24. The summed E-state index contributed by atoms with van der Waals surface area (Å²) < 4.78 is 4.76. The molecule has 0 aliphatic carbocycles. The zero-order chi connectivity index (χ0) is 10.5. The van der Waals surface area contributed by atoms with E-state index in [2.05, 4.69) is 5.10 Å². The van der Waals surface area contributed by atoms with Gasteiger partial charge in [-0.3, -0.25) is 0 Å². The van der Waals surface area contributed by atoms with Gasteiger partial charge in [0.25, 0.3) is 0 Å². The van der Waals surface area contributed by atoms with E-state index in [0.29, 0.717) is 6.21 Å². The molecule has 1 amide bonds. The maximum absolute atomic E-state index is 10.8. The quantitative estimate of drug-likeness (QED) is 0.490. The molecule has 0 aromatic carbocycles. The van der Waals surface area contributed by atoms with Gasteiger partial charge in [-0.15, -0.1) is 0 Å². The molecule has 6 heteroatoms. The van der Waals surface area contributed by atoms with Crippen LogP contribution in [0.2, 0.25) is 0 Å². The van der Waals surface area contributed by atoms with E-state index in [0.717, 1.165) is 0 Å². The molecule has 0 aliphatic heterocycles. The minimum atomic E-state index is -1.24. The van der Waals surface area contributed by atoms with Gasteiger partial charge in [-0.05, 0) is 20.8 Å². The predicted octanol–water partition coefficient (Wildman–Crippen LogP) is 0.582. The van der Waals surface area contributed by atoms with Crippen LogP contribution in [-0.2, 0) is 9.53 Å². The van der Waals surface area contributed by atoms with E-state index in [1.54, 1.807) is 20.8 Å². The van der Waals surface area contributed by atoms with Gasteiger partial charge in [-0.1, -0.05) is 0 Å². The summed E-state index contributed by atoms with van der Waals surface area (Å²) in [6.45, 7) is 5.06. The molecule has 0 saturated heterocycles. The lowest BCUT2D eigenvalue weighted by Gasteiger charge is -2.18. The van der Waals surface area contributed by atoms with Crippen molar-refractivity contribution < 1.29 is 19.4 Å². The molecule has 0 saturated carbocycles. The summed E-state index contributed by atoms with van der Waals surface area (Å²) in [6, 6.07) is 0. The van der Waals surface area contributed by atoms with Crippen LogP contribution in [0.4, 0.5) is 4.79 Å². The standard InChI is InChI=1S/C7H12N2O4/c1-7(2,3)13-6(12)9-8-4-5(10)11/h4H,1-3H3,(H,9,12)(H,10,11)/b8-4+. The lowest BCUT2D eigenvalue weighted by atomic mass is 10.2. The zero-order valence-corrected chi connectivity index (χ0v) is 7.70. The maximum atomic E-state index is 10.8. The highest BCUT2D eigenvalue weighted by Gasteiger charge is 2.15. The summed E-state index contributed by atoms with van der Waals surface area (Å²) in [6.07, 6.45) is -0.228. The van der Waals surface area contributed by atoms with Crippen LogP contribution in [0.3, 0.4) is 0 Å². The van der Waals surface area contributed by atoms with Gasteiger partial charge in [0.15, 0.2) is 0 Å². The Hall–Kier alpha value is -1.59. The van der Waals surface area contributed by atoms with Gasteiger partial charge in [0.1, 0.15) is 11.8 Å². The number of hydrogen-bond acceptors (Lipinski definition) is 4. The predicted molar refractivity (Wildman–Crippen MR) is 45.5 cm³/mol. The second-order valence-electron chi connectivity index (χ2n) is 3.21. The van der Waals surface area contributed by atoms with Crippen LogP contribution in [0.15, 0.2) is 5.10 Å². The number of carbonyl (C=O) groups excluding carboxylic acids is 1. The van der Waals surface area contributed by atoms with Crippen LogP contribution in [-0.4, -0.2) is 29.0 Å². The molecule has 0 aromatic heterocycles. The molecule has 0 bridgehead atoms. The Morgan fingerprint density at radius 2 is 2.00 bits per heavy atom. The second kappa shape index (κ2) is 4.44. The SMILES string of the molecule is CC(C)(C)OC(=O)N/N=C/C(=O)O. The van der Waals surface area contributed by atoms with Crippen molar-refractivity contribution in [3.05, 3.63) is 0 Å². The molecule has 0 heterocycles. The second-order valence-corrected chi connectivity index (χ2v) is 3.21. The zero-order valence-electron chi connectivity index (χ0n) is 7.70. The summed E-state index contributed by atoms with van der Waals surface area (Å²) in [5.41, 5.74) is 1.28. The Balaban J connectivity index is 3.83. The number of amides is 1. The van der Waals surface area contributed by atoms with Gasteiger partial charge in [0.2, 0.25) is 0 Å². The Morgan fingerprint density at radius 1 is 1.46 bits per heavy atom. The van der Waals surface area contributed by atoms with Crippen LogP contribution >= 0.6 is 0 Å². The van der Waals surface area contributed by atoms with Gasteiger partial charge in [-0.25, -0.2) is 15.0 Å². The summed E-state index contributed by atoms with van der Waals surface area (Å²) >= 11 is 0. The van der Waals surface area contributed by atoms with Crippen LogP contribution in [0.5, 0.6) is 0 Å². The first-order valence-corrected chi connectivity index (χ1v) is 3.56. The van der Waals surface area contributed by atoms with Gasteiger partial charge >= 0.3 is 12.1 Å². The molecule has 0 aliphatic rings. The molecule has 0 aromatic rings. The lowest BCUT2D eigenvalue weighted by Crippen LogP contribution is -2.30. The first-order valence-electron chi connectivity index (χ1n) is 3.56. The van der Waals surface area contributed by atoms with Crippen LogP contribution in [0.25, 0.3) is 0 Å². The Bertz CT molecular complexity index is 229. The van der Waals surface area contributed by atoms with Crippen LogP contribution < -0.4 is 5.43 Å². The largest absolute Gasteiger partial charge is 0.477 e. The molecule has 0 unspecified atom stereocenters. The monoisotopic (exact) mass is 188 g/mol. The molecule has 13 heavy (non-hydrogen) atoms. The fourth-order valence-corrected chi connectivity index (χ4v) is 0.441. The number of nitrogens with one attached hydrogen (secondary N) is 1. The average molecular weight is 188 g/mol. The van der Waals surface area contributed by atoms with E-state index in [4.69, 9.17) is 9.84 Å². The van der Waals surface area contributed by atoms with E-state index in [1.807, 2.05) is 5.43 Å². The van der Waals surface area contributed by atoms with E-state index in [9.17, 15) is 9.59 Å². The van der Waals surface area contributed by atoms with E-state index in [-0.39, 0.29) is 0 Å². The van der Waals surface area contributed by atoms with Crippen molar-refractivity contribution in [2.75, 3.05) is 0 Å². The number of carboxylic acids is 1. The molecule has 0 rings (SSSR count). The summed E-state index contributed by atoms with van der Waals surface area (Å²) in [7, 11) is 0. The first-order chi connectivity index (χ1) is 5.81. The molecule has 0 radical (unpaired) electrons. The Labute approximate surface area is 75.6 Å².